The highest BCUT2D eigenvalue weighted by Crippen LogP contribution is 2.53. The maximum atomic E-state index is 11.7. The van der Waals surface area contributed by atoms with Crippen LogP contribution in [-0.2, 0) is 4.79 Å². The van der Waals surface area contributed by atoms with Gasteiger partial charge in [-0.15, -0.1) is 0 Å². The third-order valence-corrected chi connectivity index (χ3v) is 5.19. The normalized spacial score (nSPS) is 31.5. The number of halogens is 1. The number of aliphatic carboxylic acids is 1. The lowest BCUT2D eigenvalue weighted by Crippen LogP contribution is -2.25. The lowest BCUT2D eigenvalue weighted by Gasteiger charge is -2.28. The standard InChI is InChI=1S/C15H17BrO2/c16-12-3-1-2-11(8-12)14(15(17)18)13-7-9-4-5-10(13)6-9/h1-3,8-10,13-14H,4-7H2,(H,17,18). The highest BCUT2D eigenvalue weighted by atomic mass is 79.9. The second-order valence-electron chi connectivity index (χ2n) is 5.71. The maximum Gasteiger partial charge on any atom is 0.311 e. The fourth-order valence-corrected chi connectivity index (χ4v) is 4.39. The lowest BCUT2D eigenvalue weighted by molar-refractivity contribution is -0.140. The molecule has 4 atom stereocenters. The van der Waals surface area contributed by atoms with Crippen LogP contribution in [0.15, 0.2) is 28.7 Å². The van der Waals surface area contributed by atoms with Gasteiger partial charge in [0.1, 0.15) is 0 Å². The summed E-state index contributed by atoms with van der Waals surface area (Å²) in [6, 6.07) is 7.80. The van der Waals surface area contributed by atoms with Crippen LogP contribution in [0, 0.1) is 17.8 Å². The summed E-state index contributed by atoms with van der Waals surface area (Å²) in [5.41, 5.74) is 0.953. The first-order chi connectivity index (χ1) is 8.65. The summed E-state index contributed by atoms with van der Waals surface area (Å²) in [7, 11) is 0. The van der Waals surface area contributed by atoms with Crippen molar-refractivity contribution in [2.45, 2.75) is 31.6 Å². The average molecular weight is 309 g/mol. The van der Waals surface area contributed by atoms with E-state index in [0.717, 1.165) is 22.4 Å². The molecule has 2 bridgehead atoms. The molecule has 0 heterocycles. The summed E-state index contributed by atoms with van der Waals surface area (Å²) in [5, 5.41) is 9.59. The Bertz CT molecular complexity index is 471. The summed E-state index contributed by atoms with van der Waals surface area (Å²) < 4.78 is 0.967. The van der Waals surface area contributed by atoms with Crippen LogP contribution in [0.2, 0.25) is 0 Å². The predicted octanol–water partition coefficient (Wildman–Crippen LogP) is 4.05. The molecule has 3 heteroatoms. The van der Waals surface area contributed by atoms with Gasteiger partial charge >= 0.3 is 5.97 Å². The van der Waals surface area contributed by atoms with E-state index in [9.17, 15) is 9.90 Å². The fourth-order valence-electron chi connectivity index (χ4n) is 3.98. The van der Waals surface area contributed by atoms with Crippen LogP contribution in [0.3, 0.4) is 0 Å². The quantitative estimate of drug-likeness (QED) is 0.914. The zero-order chi connectivity index (χ0) is 12.7. The van der Waals surface area contributed by atoms with Crippen LogP contribution in [0.25, 0.3) is 0 Å². The third-order valence-electron chi connectivity index (χ3n) is 4.69. The number of carbonyl (C=O) groups is 1. The molecule has 96 valence electrons. The number of carboxylic acids is 1. The molecule has 1 aromatic carbocycles. The van der Waals surface area contributed by atoms with Crippen LogP contribution in [0.1, 0.15) is 37.2 Å². The van der Waals surface area contributed by atoms with Gasteiger partial charge in [0.2, 0.25) is 0 Å². The molecule has 0 amide bonds. The summed E-state index contributed by atoms with van der Waals surface area (Å²) in [6.07, 6.45) is 4.90. The minimum atomic E-state index is -0.661. The second kappa shape index (κ2) is 4.69. The van der Waals surface area contributed by atoms with Crippen molar-refractivity contribution >= 4 is 21.9 Å². The van der Waals surface area contributed by atoms with Crippen LogP contribution >= 0.6 is 15.9 Å². The van der Waals surface area contributed by atoms with Gasteiger partial charge in [0.05, 0.1) is 5.92 Å². The van der Waals surface area contributed by atoms with E-state index in [1.54, 1.807) is 0 Å². The van der Waals surface area contributed by atoms with Crippen LogP contribution in [0.4, 0.5) is 0 Å². The van der Waals surface area contributed by atoms with Crippen molar-refractivity contribution in [3.8, 4) is 0 Å². The number of hydrogen-bond acceptors (Lipinski definition) is 1. The fraction of sp³-hybridized carbons (Fsp3) is 0.533. The molecule has 0 aliphatic heterocycles. The van der Waals surface area contributed by atoms with Gasteiger partial charge in [-0.2, -0.15) is 0 Å². The van der Waals surface area contributed by atoms with Crippen molar-refractivity contribution in [2.75, 3.05) is 0 Å². The van der Waals surface area contributed by atoms with E-state index in [4.69, 9.17) is 0 Å². The molecule has 1 N–H and O–H groups in total. The van der Waals surface area contributed by atoms with E-state index < -0.39 is 5.97 Å². The van der Waals surface area contributed by atoms with Gasteiger partial charge in [-0.3, -0.25) is 4.79 Å². The average Bonchev–Trinajstić information content (AvgIpc) is 2.91. The highest BCUT2D eigenvalue weighted by molar-refractivity contribution is 9.10. The first-order valence-corrected chi connectivity index (χ1v) is 7.42. The van der Waals surface area contributed by atoms with Crippen LogP contribution in [-0.4, -0.2) is 11.1 Å². The number of rotatable bonds is 3. The summed E-state index contributed by atoms with van der Waals surface area (Å²) >= 11 is 3.44. The van der Waals surface area contributed by atoms with E-state index in [0.29, 0.717) is 11.8 Å². The van der Waals surface area contributed by atoms with E-state index in [-0.39, 0.29) is 5.92 Å². The molecule has 2 nitrogen and oxygen atoms in total. The van der Waals surface area contributed by atoms with Crippen molar-refractivity contribution < 1.29 is 9.90 Å². The Kier molecular flexibility index (Phi) is 3.18. The van der Waals surface area contributed by atoms with Gasteiger partial charge in [0.25, 0.3) is 0 Å². The van der Waals surface area contributed by atoms with E-state index in [1.165, 1.54) is 19.3 Å². The minimum absolute atomic E-state index is 0.321. The van der Waals surface area contributed by atoms with Crippen molar-refractivity contribution in [3.05, 3.63) is 34.3 Å². The monoisotopic (exact) mass is 308 g/mol. The summed E-state index contributed by atoms with van der Waals surface area (Å²) in [4.78, 5) is 11.7. The van der Waals surface area contributed by atoms with Gasteiger partial charge in [-0.1, -0.05) is 34.5 Å². The Morgan fingerprint density at radius 2 is 2.17 bits per heavy atom. The van der Waals surface area contributed by atoms with E-state index in [2.05, 4.69) is 15.9 Å². The van der Waals surface area contributed by atoms with Crippen molar-refractivity contribution in [1.29, 1.82) is 0 Å². The van der Waals surface area contributed by atoms with Crippen molar-refractivity contribution in [1.82, 2.24) is 0 Å². The molecule has 2 saturated carbocycles. The first-order valence-electron chi connectivity index (χ1n) is 6.63. The summed E-state index contributed by atoms with van der Waals surface area (Å²) in [5.74, 6) is 0.781. The van der Waals surface area contributed by atoms with Gasteiger partial charge in [-0.25, -0.2) is 0 Å². The van der Waals surface area contributed by atoms with Crippen molar-refractivity contribution in [3.63, 3.8) is 0 Å². The molecular weight excluding hydrogens is 292 g/mol. The Hall–Kier alpha value is -0.830. The van der Waals surface area contributed by atoms with E-state index in [1.807, 2.05) is 24.3 Å². The molecule has 4 unspecified atom stereocenters. The molecule has 2 aliphatic rings. The Labute approximate surface area is 116 Å². The van der Waals surface area contributed by atoms with Gasteiger partial charge in [0.15, 0.2) is 0 Å². The van der Waals surface area contributed by atoms with Crippen LogP contribution in [0.5, 0.6) is 0 Å². The molecule has 0 radical (unpaired) electrons. The van der Waals surface area contributed by atoms with Gasteiger partial charge in [0, 0.05) is 4.47 Å². The number of benzene rings is 1. The molecule has 0 spiro atoms. The third kappa shape index (κ3) is 2.09. The largest absolute Gasteiger partial charge is 0.481 e. The molecular formula is C15H17BrO2. The maximum absolute atomic E-state index is 11.7. The second-order valence-corrected chi connectivity index (χ2v) is 6.63. The van der Waals surface area contributed by atoms with Gasteiger partial charge < -0.3 is 5.11 Å². The minimum Gasteiger partial charge on any atom is -0.481 e. The number of fused-ring (bicyclic) bond motifs is 2. The molecule has 2 fully saturated rings. The van der Waals surface area contributed by atoms with Gasteiger partial charge in [-0.05, 0) is 54.7 Å². The SMILES string of the molecule is O=C(O)C(c1cccc(Br)c1)C1CC2CCC1C2. The Morgan fingerprint density at radius 1 is 1.33 bits per heavy atom. The summed E-state index contributed by atoms with van der Waals surface area (Å²) in [6.45, 7) is 0. The zero-order valence-electron chi connectivity index (χ0n) is 10.2. The number of hydrogen-bond donors (Lipinski definition) is 1. The Morgan fingerprint density at radius 3 is 2.72 bits per heavy atom. The molecule has 0 aromatic heterocycles. The van der Waals surface area contributed by atoms with E-state index >= 15 is 0 Å². The lowest BCUT2D eigenvalue weighted by atomic mass is 9.76. The zero-order valence-corrected chi connectivity index (χ0v) is 11.8. The molecule has 1 aromatic rings. The molecule has 18 heavy (non-hydrogen) atoms. The topological polar surface area (TPSA) is 37.3 Å². The first kappa shape index (κ1) is 12.2. The Balaban J connectivity index is 1.91. The predicted molar refractivity (Wildman–Crippen MR) is 73.5 cm³/mol. The molecule has 2 aliphatic carbocycles. The molecule has 3 rings (SSSR count). The number of carboxylic acid groups (broad SMARTS) is 1. The molecule has 0 saturated heterocycles. The smallest absolute Gasteiger partial charge is 0.311 e. The highest BCUT2D eigenvalue weighted by Gasteiger charge is 2.45. The van der Waals surface area contributed by atoms with Crippen LogP contribution < -0.4 is 0 Å². The van der Waals surface area contributed by atoms with Crippen molar-refractivity contribution in [2.24, 2.45) is 17.8 Å².